The van der Waals surface area contributed by atoms with Crippen LogP contribution in [0, 0.1) is 5.92 Å². The van der Waals surface area contributed by atoms with Gasteiger partial charge in [0.2, 0.25) is 5.91 Å². The zero-order valence-corrected chi connectivity index (χ0v) is 15.5. The maximum Gasteiger partial charge on any atom is 0.273 e. The molecule has 26 heavy (non-hydrogen) atoms. The van der Waals surface area contributed by atoms with Gasteiger partial charge in [0.05, 0.1) is 18.8 Å². The summed E-state index contributed by atoms with van der Waals surface area (Å²) in [7, 11) is 1.59. The zero-order chi connectivity index (χ0) is 18.4. The fourth-order valence-electron chi connectivity index (χ4n) is 3.89. The monoisotopic (exact) mass is 363 g/mol. The molecule has 2 aliphatic rings. The first kappa shape index (κ1) is 18.8. The Morgan fingerprint density at radius 2 is 1.96 bits per heavy atom. The Labute approximate surface area is 154 Å². The number of rotatable bonds is 7. The van der Waals surface area contributed by atoms with Crippen LogP contribution in [0.1, 0.15) is 61.5 Å². The molecule has 0 aromatic carbocycles. The van der Waals surface area contributed by atoms with Crippen molar-refractivity contribution in [1.82, 2.24) is 25.2 Å². The van der Waals surface area contributed by atoms with Crippen LogP contribution >= 0.6 is 0 Å². The van der Waals surface area contributed by atoms with Gasteiger partial charge in [0.25, 0.3) is 5.91 Å². The summed E-state index contributed by atoms with van der Waals surface area (Å²) in [4.78, 5) is 26.4. The van der Waals surface area contributed by atoms with E-state index in [1.165, 1.54) is 25.7 Å². The first-order valence-corrected chi connectivity index (χ1v) is 9.64. The molecule has 1 saturated carbocycles. The van der Waals surface area contributed by atoms with Crippen molar-refractivity contribution in [3.05, 3.63) is 11.9 Å². The quantitative estimate of drug-likeness (QED) is 0.740. The number of carbonyl (C=O) groups is 2. The van der Waals surface area contributed by atoms with Crippen molar-refractivity contribution in [3.63, 3.8) is 0 Å². The molecule has 1 N–H and O–H groups in total. The number of amides is 2. The number of methoxy groups -OCH3 is 1. The van der Waals surface area contributed by atoms with Crippen molar-refractivity contribution in [2.24, 2.45) is 5.92 Å². The second kappa shape index (κ2) is 9.12. The molecule has 0 bridgehead atoms. The topological polar surface area (TPSA) is 89.4 Å². The number of likely N-dealkylation sites (tertiary alicyclic amines) is 1. The molecule has 1 aromatic rings. The average molecular weight is 363 g/mol. The molecule has 1 aliphatic carbocycles. The predicted octanol–water partition coefficient (Wildman–Crippen LogP) is 1.40. The van der Waals surface area contributed by atoms with E-state index in [1.807, 2.05) is 4.90 Å². The predicted molar refractivity (Wildman–Crippen MR) is 95.7 cm³/mol. The molecule has 0 spiro atoms. The molecule has 0 radical (unpaired) electrons. The molecule has 0 unspecified atom stereocenters. The Kier molecular flexibility index (Phi) is 6.60. The van der Waals surface area contributed by atoms with Crippen LogP contribution in [0.4, 0.5) is 0 Å². The first-order valence-electron chi connectivity index (χ1n) is 9.64. The largest absolute Gasteiger partial charge is 0.383 e. The van der Waals surface area contributed by atoms with E-state index in [2.05, 4.69) is 15.6 Å². The summed E-state index contributed by atoms with van der Waals surface area (Å²) in [6, 6.07) is 0.193. The van der Waals surface area contributed by atoms with Crippen LogP contribution in [0.2, 0.25) is 0 Å². The van der Waals surface area contributed by atoms with Crippen LogP contribution in [0.25, 0.3) is 0 Å². The lowest BCUT2D eigenvalue weighted by Gasteiger charge is -2.32. The number of hydrogen-bond acceptors (Lipinski definition) is 5. The van der Waals surface area contributed by atoms with Crippen molar-refractivity contribution in [2.45, 2.75) is 51.0 Å². The lowest BCUT2D eigenvalue weighted by atomic mass is 10.0. The number of nitrogens with zero attached hydrogens (tertiary/aromatic N) is 4. The maximum absolute atomic E-state index is 12.4. The lowest BCUT2D eigenvalue weighted by Crippen LogP contribution is -2.39. The van der Waals surface area contributed by atoms with E-state index in [-0.39, 0.29) is 11.9 Å². The summed E-state index contributed by atoms with van der Waals surface area (Å²) in [5.41, 5.74) is 0.320. The summed E-state index contributed by atoms with van der Waals surface area (Å²) < 4.78 is 6.68. The molecule has 144 valence electrons. The molecule has 2 amide bonds. The third-order valence-corrected chi connectivity index (χ3v) is 5.46. The second-order valence-corrected chi connectivity index (χ2v) is 7.30. The summed E-state index contributed by atoms with van der Waals surface area (Å²) in [6.07, 6.45) is 9.06. The van der Waals surface area contributed by atoms with Gasteiger partial charge in [-0.2, -0.15) is 0 Å². The van der Waals surface area contributed by atoms with E-state index in [4.69, 9.17) is 4.74 Å². The molecule has 8 heteroatoms. The van der Waals surface area contributed by atoms with Crippen LogP contribution in [0.3, 0.4) is 0 Å². The van der Waals surface area contributed by atoms with Gasteiger partial charge in [-0.15, -0.1) is 5.10 Å². The summed E-state index contributed by atoms with van der Waals surface area (Å²) in [5.74, 6) is 0.652. The molecular formula is C18H29N5O3. The molecule has 0 atom stereocenters. The van der Waals surface area contributed by atoms with Crippen LogP contribution < -0.4 is 5.32 Å². The smallest absolute Gasteiger partial charge is 0.273 e. The number of hydrogen-bond donors (Lipinski definition) is 1. The van der Waals surface area contributed by atoms with Gasteiger partial charge >= 0.3 is 0 Å². The fraction of sp³-hybridized carbons (Fsp3) is 0.778. The summed E-state index contributed by atoms with van der Waals surface area (Å²) >= 11 is 0. The molecular weight excluding hydrogens is 334 g/mol. The Morgan fingerprint density at radius 3 is 2.65 bits per heavy atom. The number of nitrogens with one attached hydrogen (secondary N) is 1. The number of carbonyl (C=O) groups excluding carboxylic acids is 2. The Hall–Kier alpha value is -1.96. The minimum Gasteiger partial charge on any atom is -0.383 e. The standard InChI is InChI=1S/C18H29N5O3/c1-26-11-8-19-18(25)16-13-23(21-20-16)15-6-9-22(10-7-15)17(24)12-14-4-2-3-5-14/h13-15H,2-12H2,1H3,(H,19,25). The number of piperidine rings is 1. The highest BCUT2D eigenvalue weighted by atomic mass is 16.5. The van der Waals surface area contributed by atoms with Crippen LogP contribution in [0.15, 0.2) is 6.20 Å². The van der Waals surface area contributed by atoms with Crippen LogP contribution in [0.5, 0.6) is 0 Å². The van der Waals surface area contributed by atoms with E-state index in [0.717, 1.165) is 25.9 Å². The van der Waals surface area contributed by atoms with E-state index in [0.29, 0.717) is 37.1 Å². The van der Waals surface area contributed by atoms with Crippen LogP contribution in [-0.4, -0.2) is 65.1 Å². The maximum atomic E-state index is 12.4. The van der Waals surface area contributed by atoms with E-state index in [1.54, 1.807) is 18.0 Å². The Balaban J connectivity index is 1.45. The van der Waals surface area contributed by atoms with Gasteiger partial charge in [0.1, 0.15) is 0 Å². The molecule has 1 aliphatic heterocycles. The Morgan fingerprint density at radius 1 is 1.23 bits per heavy atom. The van der Waals surface area contributed by atoms with Gasteiger partial charge < -0.3 is 15.0 Å². The fourth-order valence-corrected chi connectivity index (χ4v) is 3.89. The van der Waals surface area contributed by atoms with Gasteiger partial charge in [-0.3, -0.25) is 9.59 Å². The SMILES string of the molecule is COCCNC(=O)c1cn(C2CCN(C(=O)CC3CCCC3)CC2)nn1. The van der Waals surface area contributed by atoms with Crippen molar-refractivity contribution >= 4 is 11.8 Å². The van der Waals surface area contributed by atoms with Gasteiger partial charge in [-0.05, 0) is 31.6 Å². The second-order valence-electron chi connectivity index (χ2n) is 7.30. The number of ether oxygens (including phenoxy) is 1. The molecule has 8 nitrogen and oxygen atoms in total. The first-order chi connectivity index (χ1) is 12.7. The highest BCUT2D eigenvalue weighted by molar-refractivity contribution is 5.91. The third kappa shape index (κ3) is 4.81. The molecule has 1 saturated heterocycles. The molecule has 3 rings (SSSR count). The minimum absolute atomic E-state index is 0.193. The highest BCUT2D eigenvalue weighted by Gasteiger charge is 2.27. The third-order valence-electron chi connectivity index (χ3n) is 5.46. The zero-order valence-electron chi connectivity index (χ0n) is 15.5. The lowest BCUT2D eigenvalue weighted by molar-refractivity contribution is -0.133. The number of aromatic nitrogens is 3. The van der Waals surface area contributed by atoms with Crippen molar-refractivity contribution in [2.75, 3.05) is 33.4 Å². The Bertz CT molecular complexity index is 604. The molecule has 1 aromatic heterocycles. The summed E-state index contributed by atoms with van der Waals surface area (Å²) in [5, 5.41) is 10.8. The van der Waals surface area contributed by atoms with Gasteiger partial charge in [0, 0.05) is 33.2 Å². The van der Waals surface area contributed by atoms with Crippen LogP contribution in [-0.2, 0) is 9.53 Å². The van der Waals surface area contributed by atoms with Crippen molar-refractivity contribution in [3.8, 4) is 0 Å². The van der Waals surface area contributed by atoms with E-state index >= 15 is 0 Å². The van der Waals surface area contributed by atoms with Crippen molar-refractivity contribution in [1.29, 1.82) is 0 Å². The molecule has 2 heterocycles. The van der Waals surface area contributed by atoms with Gasteiger partial charge in [-0.1, -0.05) is 18.1 Å². The van der Waals surface area contributed by atoms with Gasteiger partial charge in [-0.25, -0.2) is 4.68 Å². The summed E-state index contributed by atoms with van der Waals surface area (Å²) in [6.45, 7) is 2.42. The normalized spacial score (nSPS) is 19.0. The van der Waals surface area contributed by atoms with Gasteiger partial charge in [0.15, 0.2) is 5.69 Å². The average Bonchev–Trinajstić information content (AvgIpc) is 3.34. The minimum atomic E-state index is -0.238. The van der Waals surface area contributed by atoms with E-state index in [9.17, 15) is 9.59 Å². The van der Waals surface area contributed by atoms with E-state index < -0.39 is 0 Å². The highest BCUT2D eigenvalue weighted by Crippen LogP contribution is 2.29. The van der Waals surface area contributed by atoms with Crippen molar-refractivity contribution < 1.29 is 14.3 Å². The molecule has 2 fully saturated rings.